The van der Waals surface area contributed by atoms with Gasteiger partial charge < -0.3 is 15.9 Å². The summed E-state index contributed by atoms with van der Waals surface area (Å²) in [5.41, 5.74) is 13.7. The number of nitrogens with two attached hydrogens (primary N) is 2. The van der Waals surface area contributed by atoms with Gasteiger partial charge in [0, 0.05) is 21.9 Å². The summed E-state index contributed by atoms with van der Waals surface area (Å²) in [6, 6.07) is 10.7. The first-order valence-electron chi connectivity index (χ1n) is 6.71. The Bertz CT molecular complexity index is 765. The molecule has 0 aliphatic carbocycles. The summed E-state index contributed by atoms with van der Waals surface area (Å²) in [6.45, 7) is 4.00. The van der Waals surface area contributed by atoms with E-state index >= 15 is 0 Å². The Labute approximate surface area is 122 Å². The first-order chi connectivity index (χ1) is 10.1. The molecule has 0 saturated heterocycles. The fraction of sp³-hybridized carbons (Fsp3) is 0.125. The van der Waals surface area contributed by atoms with Crippen molar-refractivity contribution in [3.05, 3.63) is 47.5 Å². The van der Waals surface area contributed by atoms with E-state index in [1.54, 1.807) is 24.3 Å². The standard InChI is InChI=1S/C14H12N4O.C2H6/c15-13(16)7-1-3-11-9(5-7)10-6-8(14(17)18)2-4-12(10)19-11;1-2/h1-6H,(H3,15,16)(H3,17,18);1-2H3. The van der Waals surface area contributed by atoms with Crippen LogP contribution in [0, 0.1) is 10.8 Å². The average Bonchev–Trinajstić information content (AvgIpc) is 2.85. The molecule has 5 heteroatoms. The van der Waals surface area contributed by atoms with Gasteiger partial charge in [0.25, 0.3) is 0 Å². The van der Waals surface area contributed by atoms with E-state index in [4.69, 9.17) is 26.7 Å². The van der Waals surface area contributed by atoms with Crippen LogP contribution in [0.15, 0.2) is 40.8 Å². The molecule has 0 spiro atoms. The van der Waals surface area contributed by atoms with Crippen LogP contribution in [0.25, 0.3) is 21.9 Å². The van der Waals surface area contributed by atoms with Crippen molar-refractivity contribution in [2.45, 2.75) is 13.8 Å². The molecule has 0 saturated carbocycles. The molecule has 21 heavy (non-hydrogen) atoms. The lowest BCUT2D eigenvalue weighted by Crippen LogP contribution is -2.10. The lowest BCUT2D eigenvalue weighted by molar-refractivity contribution is 0.669. The van der Waals surface area contributed by atoms with Crippen molar-refractivity contribution in [3.63, 3.8) is 0 Å². The second-order valence-corrected chi connectivity index (χ2v) is 4.35. The van der Waals surface area contributed by atoms with Crippen molar-refractivity contribution in [2.75, 3.05) is 0 Å². The molecule has 1 heterocycles. The van der Waals surface area contributed by atoms with Gasteiger partial charge in [-0.25, -0.2) is 0 Å². The van der Waals surface area contributed by atoms with Gasteiger partial charge in [-0.3, -0.25) is 10.8 Å². The number of nitrogens with one attached hydrogen (secondary N) is 2. The van der Waals surface area contributed by atoms with Crippen LogP contribution in [0.5, 0.6) is 0 Å². The predicted molar refractivity (Wildman–Crippen MR) is 87.1 cm³/mol. The van der Waals surface area contributed by atoms with Gasteiger partial charge in [0.15, 0.2) is 0 Å². The van der Waals surface area contributed by atoms with Crippen LogP contribution in [0.2, 0.25) is 0 Å². The molecule has 0 fully saturated rings. The number of rotatable bonds is 2. The minimum atomic E-state index is 0.0129. The molecule has 3 rings (SSSR count). The number of benzene rings is 2. The lowest BCUT2D eigenvalue weighted by atomic mass is 10.1. The second kappa shape index (κ2) is 5.66. The van der Waals surface area contributed by atoms with E-state index in [-0.39, 0.29) is 11.7 Å². The van der Waals surface area contributed by atoms with Gasteiger partial charge >= 0.3 is 0 Å². The van der Waals surface area contributed by atoms with Crippen LogP contribution >= 0.6 is 0 Å². The Morgan fingerprint density at radius 3 is 1.52 bits per heavy atom. The number of furan rings is 1. The monoisotopic (exact) mass is 282 g/mol. The van der Waals surface area contributed by atoms with Gasteiger partial charge in [0.1, 0.15) is 22.8 Å². The van der Waals surface area contributed by atoms with Gasteiger partial charge in [-0.05, 0) is 36.4 Å². The second-order valence-electron chi connectivity index (χ2n) is 4.35. The topological polar surface area (TPSA) is 113 Å². The third-order valence-electron chi connectivity index (χ3n) is 3.09. The Kier molecular flexibility index (Phi) is 3.93. The van der Waals surface area contributed by atoms with Gasteiger partial charge in [0.05, 0.1) is 0 Å². The fourth-order valence-electron chi connectivity index (χ4n) is 2.11. The molecule has 0 amide bonds. The Hall–Kier alpha value is -2.82. The molecule has 5 nitrogen and oxygen atoms in total. The van der Waals surface area contributed by atoms with Crippen LogP contribution in [0.1, 0.15) is 25.0 Å². The molecule has 0 aliphatic heterocycles. The minimum absolute atomic E-state index is 0.0129. The van der Waals surface area contributed by atoms with Crippen molar-refractivity contribution in [1.29, 1.82) is 10.8 Å². The lowest BCUT2D eigenvalue weighted by Gasteiger charge is -1.99. The SMILES string of the molecule is CC.N=C(N)c1ccc2oc3ccc(C(=N)N)cc3c2c1. The zero-order valence-electron chi connectivity index (χ0n) is 12.0. The maximum absolute atomic E-state index is 7.48. The molecule has 3 aromatic rings. The van der Waals surface area contributed by atoms with E-state index in [2.05, 4.69) is 0 Å². The number of nitrogen functional groups attached to an aromatic ring is 2. The molecule has 0 atom stereocenters. The molecule has 0 aliphatic rings. The van der Waals surface area contributed by atoms with E-state index in [0.717, 1.165) is 21.9 Å². The highest BCUT2D eigenvalue weighted by molar-refractivity contribution is 6.10. The molecule has 0 radical (unpaired) electrons. The van der Waals surface area contributed by atoms with Crippen LogP contribution in [-0.4, -0.2) is 11.7 Å². The smallest absolute Gasteiger partial charge is 0.135 e. The molecule has 1 aromatic heterocycles. The zero-order valence-corrected chi connectivity index (χ0v) is 12.0. The fourth-order valence-corrected chi connectivity index (χ4v) is 2.11. The minimum Gasteiger partial charge on any atom is -0.456 e. The number of hydrogen-bond donors (Lipinski definition) is 4. The van der Waals surface area contributed by atoms with Gasteiger partial charge in [-0.2, -0.15) is 0 Å². The molecular formula is C16H18N4O. The summed E-state index contributed by atoms with van der Waals surface area (Å²) in [6.07, 6.45) is 0. The normalized spacial score (nSPS) is 10.2. The molecule has 108 valence electrons. The van der Waals surface area contributed by atoms with E-state index in [9.17, 15) is 0 Å². The first kappa shape index (κ1) is 14.6. The van der Waals surface area contributed by atoms with Gasteiger partial charge in [0.2, 0.25) is 0 Å². The number of fused-ring (bicyclic) bond motifs is 3. The van der Waals surface area contributed by atoms with Crippen LogP contribution in [0.3, 0.4) is 0 Å². The highest BCUT2D eigenvalue weighted by Gasteiger charge is 2.10. The van der Waals surface area contributed by atoms with Crippen molar-refractivity contribution >= 4 is 33.6 Å². The maximum atomic E-state index is 7.48. The molecule has 0 bridgehead atoms. The van der Waals surface area contributed by atoms with Gasteiger partial charge in [-0.1, -0.05) is 13.8 Å². The van der Waals surface area contributed by atoms with Crippen LogP contribution in [-0.2, 0) is 0 Å². The summed E-state index contributed by atoms with van der Waals surface area (Å²) in [5.74, 6) is 0.0259. The molecule has 2 aromatic carbocycles. The van der Waals surface area contributed by atoms with Crippen molar-refractivity contribution in [2.24, 2.45) is 11.5 Å². The Balaban J connectivity index is 0.000000774. The summed E-state index contributed by atoms with van der Waals surface area (Å²) < 4.78 is 5.70. The predicted octanol–water partition coefficient (Wildman–Crippen LogP) is 3.18. The third-order valence-corrected chi connectivity index (χ3v) is 3.09. The van der Waals surface area contributed by atoms with Crippen molar-refractivity contribution in [1.82, 2.24) is 0 Å². The molecular weight excluding hydrogens is 264 g/mol. The van der Waals surface area contributed by atoms with E-state index in [0.29, 0.717) is 11.1 Å². The first-order valence-corrected chi connectivity index (χ1v) is 6.71. The highest BCUT2D eigenvalue weighted by Crippen LogP contribution is 2.30. The summed E-state index contributed by atoms with van der Waals surface area (Å²) in [7, 11) is 0. The van der Waals surface area contributed by atoms with Crippen molar-refractivity contribution in [3.8, 4) is 0 Å². The number of amidine groups is 2. The quantitative estimate of drug-likeness (QED) is 0.427. The molecule has 0 unspecified atom stereocenters. The van der Waals surface area contributed by atoms with Crippen molar-refractivity contribution < 1.29 is 4.42 Å². The van der Waals surface area contributed by atoms with Crippen LogP contribution < -0.4 is 11.5 Å². The maximum Gasteiger partial charge on any atom is 0.135 e. The Morgan fingerprint density at radius 1 is 0.810 bits per heavy atom. The average molecular weight is 282 g/mol. The van der Waals surface area contributed by atoms with Gasteiger partial charge in [-0.15, -0.1) is 0 Å². The summed E-state index contributed by atoms with van der Waals surface area (Å²) in [4.78, 5) is 0. The summed E-state index contributed by atoms with van der Waals surface area (Å²) >= 11 is 0. The Morgan fingerprint density at radius 2 is 1.19 bits per heavy atom. The highest BCUT2D eigenvalue weighted by atomic mass is 16.3. The molecule has 6 N–H and O–H groups in total. The third kappa shape index (κ3) is 2.58. The number of hydrogen-bond acceptors (Lipinski definition) is 3. The largest absolute Gasteiger partial charge is 0.456 e. The zero-order chi connectivity index (χ0) is 15.6. The van der Waals surface area contributed by atoms with E-state index in [1.165, 1.54) is 0 Å². The summed E-state index contributed by atoms with van der Waals surface area (Å²) in [5, 5.41) is 16.7. The van der Waals surface area contributed by atoms with E-state index in [1.807, 2.05) is 26.0 Å². The van der Waals surface area contributed by atoms with Crippen LogP contribution in [0.4, 0.5) is 0 Å². The van der Waals surface area contributed by atoms with E-state index < -0.39 is 0 Å².